The van der Waals surface area contributed by atoms with Gasteiger partial charge in [0.15, 0.2) is 0 Å². The molecular weight excluding hydrogens is 418 g/mol. The Morgan fingerprint density at radius 1 is 0.774 bits per heavy atom. The maximum Gasteiger partial charge on any atom is 0.274 e. The minimum atomic E-state index is -0.626. The van der Waals surface area contributed by atoms with E-state index in [1.54, 1.807) is 86.3 Å². The fraction of sp³-hybridized carbons (Fsp3) is 0.0870. The molecule has 0 bridgehead atoms. The summed E-state index contributed by atoms with van der Waals surface area (Å²) in [5, 5.41) is 12.1. The zero-order valence-corrected chi connectivity index (χ0v) is 17.6. The summed E-state index contributed by atoms with van der Waals surface area (Å²) in [5.41, 5.74) is 4.53. The summed E-state index contributed by atoms with van der Waals surface area (Å²) in [6.45, 7) is 0. The molecule has 0 aromatic heterocycles. The summed E-state index contributed by atoms with van der Waals surface area (Å²) < 4.78 is 0. The van der Waals surface area contributed by atoms with Crippen LogP contribution in [0.4, 0.5) is 5.69 Å². The van der Waals surface area contributed by atoms with E-state index in [1.807, 2.05) is 0 Å². The molecule has 0 heterocycles. The molecule has 158 valence electrons. The Morgan fingerprint density at radius 3 is 1.94 bits per heavy atom. The second-order valence-corrected chi connectivity index (χ2v) is 7.41. The number of benzene rings is 3. The topological polar surface area (TPSA) is 98.7 Å². The molecule has 0 radical (unpaired) electrons. The van der Waals surface area contributed by atoms with Crippen LogP contribution < -0.4 is 10.8 Å². The normalized spacial score (nSPS) is 10.3. The smallest absolute Gasteiger partial charge is 0.274 e. The average Bonchev–Trinajstić information content (AvgIpc) is 2.78. The van der Waals surface area contributed by atoms with E-state index in [0.29, 0.717) is 27.4 Å². The number of amides is 3. The van der Waals surface area contributed by atoms with Gasteiger partial charge in [0.2, 0.25) is 0 Å². The molecule has 0 unspecified atom stereocenters. The maximum atomic E-state index is 12.6. The van der Waals surface area contributed by atoms with Crippen LogP contribution in [0, 0.1) is 0 Å². The van der Waals surface area contributed by atoms with E-state index >= 15 is 0 Å². The third-order valence-electron chi connectivity index (χ3n) is 4.53. The molecule has 3 amide bonds. The number of carbonyl (C=O) groups is 3. The molecule has 3 N–H and O–H groups in total. The van der Waals surface area contributed by atoms with Crippen molar-refractivity contribution in [1.29, 1.82) is 0 Å². The van der Waals surface area contributed by atoms with Gasteiger partial charge in [-0.2, -0.15) is 0 Å². The fourth-order valence-electron chi connectivity index (χ4n) is 2.93. The number of halogens is 1. The molecule has 7 nitrogen and oxygen atoms in total. The molecule has 0 aliphatic heterocycles. The molecule has 0 saturated heterocycles. The van der Waals surface area contributed by atoms with E-state index in [0.717, 1.165) is 5.56 Å². The van der Waals surface area contributed by atoms with Crippen LogP contribution in [0.3, 0.4) is 0 Å². The van der Waals surface area contributed by atoms with E-state index in [9.17, 15) is 14.4 Å². The molecule has 3 aromatic carbocycles. The van der Waals surface area contributed by atoms with Crippen LogP contribution in [-0.4, -0.2) is 41.9 Å². The summed E-state index contributed by atoms with van der Waals surface area (Å²) in [6.07, 6.45) is 0. The quantitative estimate of drug-likeness (QED) is 0.413. The number of rotatable bonds is 5. The predicted molar refractivity (Wildman–Crippen MR) is 119 cm³/mol. The summed E-state index contributed by atoms with van der Waals surface area (Å²) in [4.78, 5) is 38.2. The van der Waals surface area contributed by atoms with Crippen molar-refractivity contribution >= 4 is 35.0 Å². The van der Waals surface area contributed by atoms with Gasteiger partial charge in [-0.15, -0.1) is 0 Å². The van der Waals surface area contributed by atoms with Crippen LogP contribution in [0.1, 0.15) is 31.1 Å². The summed E-state index contributed by atoms with van der Waals surface area (Å²) in [5.74, 6) is -1.19. The second-order valence-electron chi connectivity index (χ2n) is 6.98. The van der Waals surface area contributed by atoms with E-state index in [4.69, 9.17) is 16.8 Å². The summed E-state index contributed by atoms with van der Waals surface area (Å²) in [6, 6.07) is 18.0. The molecule has 0 aliphatic carbocycles. The highest BCUT2D eigenvalue weighted by Gasteiger charge is 2.14. The average molecular weight is 438 g/mol. The van der Waals surface area contributed by atoms with Gasteiger partial charge in [0.25, 0.3) is 17.7 Å². The lowest BCUT2D eigenvalue weighted by atomic mass is 10.00. The third kappa shape index (κ3) is 5.28. The van der Waals surface area contributed by atoms with Gasteiger partial charge >= 0.3 is 0 Å². The van der Waals surface area contributed by atoms with Crippen LogP contribution in [0.5, 0.6) is 0 Å². The number of nitrogens with one attached hydrogen (secondary N) is 2. The van der Waals surface area contributed by atoms with Gasteiger partial charge in [-0.25, -0.2) is 5.48 Å². The van der Waals surface area contributed by atoms with Crippen molar-refractivity contribution in [2.24, 2.45) is 0 Å². The van der Waals surface area contributed by atoms with Crippen LogP contribution in [0.2, 0.25) is 5.02 Å². The molecule has 0 aliphatic rings. The highest BCUT2D eigenvalue weighted by Crippen LogP contribution is 2.26. The van der Waals surface area contributed by atoms with E-state index in [1.165, 1.54) is 4.90 Å². The predicted octanol–water partition coefficient (Wildman–Crippen LogP) is 4.08. The molecule has 0 saturated carbocycles. The first kappa shape index (κ1) is 22.0. The van der Waals surface area contributed by atoms with E-state index < -0.39 is 5.91 Å². The first-order valence-electron chi connectivity index (χ1n) is 9.27. The van der Waals surface area contributed by atoms with Crippen LogP contribution in [0.25, 0.3) is 11.1 Å². The Morgan fingerprint density at radius 2 is 1.35 bits per heavy atom. The minimum absolute atomic E-state index is 0.222. The number of anilines is 1. The van der Waals surface area contributed by atoms with Gasteiger partial charge in [0, 0.05) is 41.5 Å². The van der Waals surface area contributed by atoms with Crippen molar-refractivity contribution in [1.82, 2.24) is 10.4 Å². The van der Waals surface area contributed by atoms with E-state index in [-0.39, 0.29) is 17.4 Å². The lowest BCUT2D eigenvalue weighted by molar-refractivity contribution is 0.0706. The number of hydroxylamine groups is 1. The van der Waals surface area contributed by atoms with Gasteiger partial charge in [-0.1, -0.05) is 23.7 Å². The monoisotopic (exact) mass is 437 g/mol. The Bertz CT molecular complexity index is 1130. The molecule has 0 spiro atoms. The molecule has 31 heavy (non-hydrogen) atoms. The van der Waals surface area contributed by atoms with Gasteiger partial charge in [-0.3, -0.25) is 19.6 Å². The van der Waals surface area contributed by atoms with Crippen molar-refractivity contribution in [3.63, 3.8) is 0 Å². The molecule has 3 aromatic rings. The molecular formula is C23H20ClN3O4. The molecule has 0 fully saturated rings. The molecule has 0 atom stereocenters. The van der Waals surface area contributed by atoms with Crippen LogP contribution in [0.15, 0.2) is 66.7 Å². The van der Waals surface area contributed by atoms with Crippen LogP contribution >= 0.6 is 11.6 Å². The Hall–Kier alpha value is -3.68. The fourth-order valence-corrected chi connectivity index (χ4v) is 3.06. The van der Waals surface area contributed by atoms with Crippen molar-refractivity contribution in [2.45, 2.75) is 0 Å². The first-order valence-corrected chi connectivity index (χ1v) is 9.65. The van der Waals surface area contributed by atoms with Crippen molar-refractivity contribution < 1.29 is 19.6 Å². The lowest BCUT2D eigenvalue weighted by Crippen LogP contribution is -2.22. The summed E-state index contributed by atoms with van der Waals surface area (Å²) >= 11 is 5.88. The van der Waals surface area contributed by atoms with Crippen molar-refractivity contribution in [2.75, 3.05) is 19.4 Å². The van der Waals surface area contributed by atoms with Crippen molar-refractivity contribution in [3.05, 3.63) is 88.4 Å². The Balaban J connectivity index is 1.98. The largest absolute Gasteiger partial charge is 0.345 e. The minimum Gasteiger partial charge on any atom is -0.345 e. The maximum absolute atomic E-state index is 12.6. The van der Waals surface area contributed by atoms with Crippen molar-refractivity contribution in [3.8, 4) is 11.1 Å². The highest BCUT2D eigenvalue weighted by molar-refractivity contribution is 6.30. The highest BCUT2D eigenvalue weighted by atomic mass is 35.5. The van der Waals surface area contributed by atoms with Gasteiger partial charge < -0.3 is 10.2 Å². The number of nitrogens with zero attached hydrogens (tertiary/aromatic N) is 1. The number of hydrogen-bond donors (Lipinski definition) is 3. The standard InChI is InChI=1S/C23H20ClN3O4/c1-27(2)23(30)18-11-17(14-3-5-16(6-4-14)22(29)26-31)12-20(13-18)25-21(28)15-7-9-19(24)10-8-15/h3-13,31H,1-2H3,(H,25,28)(H,26,29). The Labute approximate surface area is 184 Å². The lowest BCUT2D eigenvalue weighted by Gasteiger charge is -2.14. The van der Waals surface area contributed by atoms with Gasteiger partial charge in [0.05, 0.1) is 0 Å². The number of hydrogen-bond acceptors (Lipinski definition) is 4. The van der Waals surface area contributed by atoms with Crippen LogP contribution in [-0.2, 0) is 0 Å². The zero-order valence-electron chi connectivity index (χ0n) is 16.8. The number of carbonyl (C=O) groups excluding carboxylic acids is 3. The van der Waals surface area contributed by atoms with Gasteiger partial charge in [0.1, 0.15) is 0 Å². The summed E-state index contributed by atoms with van der Waals surface area (Å²) in [7, 11) is 3.28. The Kier molecular flexibility index (Phi) is 6.69. The second kappa shape index (κ2) is 9.42. The molecule has 8 heteroatoms. The third-order valence-corrected chi connectivity index (χ3v) is 4.78. The first-order chi connectivity index (χ1) is 14.8. The molecule has 3 rings (SSSR count). The van der Waals surface area contributed by atoms with Gasteiger partial charge in [-0.05, 0) is 65.7 Å². The SMILES string of the molecule is CN(C)C(=O)c1cc(NC(=O)c2ccc(Cl)cc2)cc(-c2ccc(C(=O)NO)cc2)c1. The zero-order chi connectivity index (χ0) is 22.5. The van der Waals surface area contributed by atoms with E-state index in [2.05, 4.69) is 5.32 Å².